The standard InChI is InChI=1S/C16H20N4O3S2/c1-10-18-12(7-24-10)14(21)17-9-16(3-5-23-6-4-16)20-15(22)13-8-25-11(2)19-13/h7-8H,3-6,9H2,1-2H3,(H,17,21)(H,20,22). The van der Waals surface area contributed by atoms with Crippen molar-refractivity contribution < 1.29 is 14.3 Å². The lowest BCUT2D eigenvalue weighted by Gasteiger charge is -2.37. The third-order valence-corrected chi connectivity index (χ3v) is 5.67. The Bertz CT molecular complexity index is 765. The van der Waals surface area contributed by atoms with Crippen molar-refractivity contribution >= 4 is 34.5 Å². The number of nitrogens with zero attached hydrogens (tertiary/aromatic N) is 2. The Balaban J connectivity index is 1.68. The lowest BCUT2D eigenvalue weighted by molar-refractivity contribution is 0.0351. The molecule has 0 bridgehead atoms. The molecule has 3 heterocycles. The highest BCUT2D eigenvalue weighted by Crippen LogP contribution is 2.21. The highest BCUT2D eigenvalue weighted by Gasteiger charge is 2.35. The zero-order valence-corrected chi connectivity index (χ0v) is 15.8. The summed E-state index contributed by atoms with van der Waals surface area (Å²) < 4.78 is 5.42. The SMILES string of the molecule is Cc1nc(C(=O)NCC2(NC(=O)c3csc(C)n3)CCOCC2)cs1. The second-order valence-corrected chi connectivity index (χ2v) is 8.16. The molecule has 1 aliphatic rings. The van der Waals surface area contributed by atoms with E-state index in [9.17, 15) is 9.59 Å². The number of hydrogen-bond donors (Lipinski definition) is 2. The molecule has 0 unspecified atom stereocenters. The van der Waals surface area contributed by atoms with E-state index in [0.717, 1.165) is 10.0 Å². The monoisotopic (exact) mass is 380 g/mol. The molecule has 1 fully saturated rings. The Morgan fingerprint density at radius 2 is 1.64 bits per heavy atom. The summed E-state index contributed by atoms with van der Waals surface area (Å²) in [5, 5.41) is 11.1. The normalized spacial score (nSPS) is 16.4. The number of nitrogens with one attached hydrogen (secondary N) is 2. The van der Waals surface area contributed by atoms with Crippen LogP contribution in [0.2, 0.25) is 0 Å². The van der Waals surface area contributed by atoms with E-state index in [4.69, 9.17) is 4.74 Å². The van der Waals surface area contributed by atoms with Crippen molar-refractivity contribution in [2.24, 2.45) is 0 Å². The maximum absolute atomic E-state index is 12.5. The first-order valence-electron chi connectivity index (χ1n) is 8.00. The number of rotatable bonds is 5. The Morgan fingerprint density at radius 1 is 1.08 bits per heavy atom. The fourth-order valence-electron chi connectivity index (χ4n) is 2.69. The predicted molar refractivity (Wildman–Crippen MR) is 96.3 cm³/mol. The second kappa shape index (κ2) is 7.59. The van der Waals surface area contributed by atoms with E-state index in [1.807, 2.05) is 13.8 Å². The minimum Gasteiger partial charge on any atom is -0.381 e. The average Bonchev–Trinajstić information content (AvgIpc) is 3.22. The maximum atomic E-state index is 12.5. The number of aromatic nitrogens is 2. The first-order valence-corrected chi connectivity index (χ1v) is 9.76. The van der Waals surface area contributed by atoms with Crippen LogP contribution in [0.5, 0.6) is 0 Å². The Morgan fingerprint density at radius 3 is 2.16 bits per heavy atom. The predicted octanol–water partition coefficient (Wildman–Crippen LogP) is 1.93. The van der Waals surface area contributed by atoms with Gasteiger partial charge in [-0.2, -0.15) is 0 Å². The van der Waals surface area contributed by atoms with Gasteiger partial charge < -0.3 is 15.4 Å². The van der Waals surface area contributed by atoms with Gasteiger partial charge in [-0.1, -0.05) is 0 Å². The summed E-state index contributed by atoms with van der Waals surface area (Å²) in [4.78, 5) is 33.2. The van der Waals surface area contributed by atoms with Crippen LogP contribution in [-0.4, -0.2) is 47.1 Å². The lowest BCUT2D eigenvalue weighted by atomic mass is 9.89. The Labute approximate surface area is 153 Å². The van der Waals surface area contributed by atoms with Crippen LogP contribution in [0.1, 0.15) is 43.8 Å². The van der Waals surface area contributed by atoms with Gasteiger partial charge in [-0.15, -0.1) is 22.7 Å². The van der Waals surface area contributed by atoms with E-state index < -0.39 is 5.54 Å². The van der Waals surface area contributed by atoms with Crippen molar-refractivity contribution in [1.82, 2.24) is 20.6 Å². The molecule has 25 heavy (non-hydrogen) atoms. The number of thiazole rings is 2. The van der Waals surface area contributed by atoms with Crippen LogP contribution in [0.4, 0.5) is 0 Å². The first kappa shape index (κ1) is 18.0. The van der Waals surface area contributed by atoms with Crippen molar-refractivity contribution in [3.8, 4) is 0 Å². The largest absolute Gasteiger partial charge is 0.381 e. The average molecular weight is 380 g/mol. The molecule has 9 heteroatoms. The number of ether oxygens (including phenoxy) is 1. The quantitative estimate of drug-likeness (QED) is 0.827. The van der Waals surface area contributed by atoms with E-state index >= 15 is 0 Å². The lowest BCUT2D eigenvalue weighted by Crippen LogP contribution is -2.58. The highest BCUT2D eigenvalue weighted by atomic mass is 32.1. The summed E-state index contributed by atoms with van der Waals surface area (Å²) in [5.41, 5.74) is 0.286. The van der Waals surface area contributed by atoms with Gasteiger partial charge in [-0.3, -0.25) is 9.59 Å². The molecule has 1 aliphatic heterocycles. The third-order valence-electron chi connectivity index (χ3n) is 4.12. The Kier molecular flexibility index (Phi) is 5.45. The molecule has 7 nitrogen and oxygen atoms in total. The summed E-state index contributed by atoms with van der Waals surface area (Å²) >= 11 is 2.87. The fraction of sp³-hybridized carbons (Fsp3) is 0.500. The van der Waals surface area contributed by atoms with Crippen LogP contribution in [0, 0.1) is 13.8 Å². The van der Waals surface area contributed by atoms with Crippen LogP contribution in [0.15, 0.2) is 10.8 Å². The molecule has 2 amide bonds. The van der Waals surface area contributed by atoms with E-state index in [-0.39, 0.29) is 11.8 Å². The summed E-state index contributed by atoms with van der Waals surface area (Å²) in [7, 11) is 0. The summed E-state index contributed by atoms with van der Waals surface area (Å²) in [5.74, 6) is -0.445. The van der Waals surface area contributed by atoms with Gasteiger partial charge in [0.2, 0.25) is 0 Å². The number of carbonyl (C=O) groups is 2. The molecular weight excluding hydrogens is 360 g/mol. The Hall–Kier alpha value is -1.84. The van der Waals surface area contributed by atoms with Gasteiger partial charge in [0.1, 0.15) is 11.4 Å². The van der Waals surface area contributed by atoms with Crippen molar-refractivity contribution in [3.63, 3.8) is 0 Å². The van der Waals surface area contributed by atoms with Gasteiger partial charge in [0.05, 0.1) is 15.6 Å². The molecule has 0 atom stereocenters. The molecule has 0 spiro atoms. The minimum atomic E-state index is -0.534. The van der Waals surface area contributed by atoms with E-state index in [1.54, 1.807) is 10.8 Å². The molecule has 2 aromatic heterocycles. The van der Waals surface area contributed by atoms with Crippen molar-refractivity contribution in [3.05, 3.63) is 32.2 Å². The van der Waals surface area contributed by atoms with Gasteiger partial charge in [0.15, 0.2) is 0 Å². The second-order valence-electron chi connectivity index (χ2n) is 6.03. The van der Waals surface area contributed by atoms with Crippen molar-refractivity contribution in [2.45, 2.75) is 32.2 Å². The molecule has 0 radical (unpaired) electrons. The molecule has 0 aliphatic carbocycles. The van der Waals surface area contributed by atoms with Crippen LogP contribution < -0.4 is 10.6 Å². The zero-order valence-electron chi connectivity index (χ0n) is 14.1. The number of amides is 2. The van der Waals surface area contributed by atoms with E-state index in [2.05, 4.69) is 20.6 Å². The van der Waals surface area contributed by atoms with Gasteiger partial charge in [0.25, 0.3) is 11.8 Å². The summed E-state index contributed by atoms with van der Waals surface area (Å²) in [6, 6.07) is 0. The van der Waals surface area contributed by atoms with Gasteiger partial charge in [0, 0.05) is 30.5 Å². The fourth-order valence-corrected chi connectivity index (χ4v) is 3.87. The van der Waals surface area contributed by atoms with Crippen LogP contribution in [0.3, 0.4) is 0 Å². The van der Waals surface area contributed by atoms with Gasteiger partial charge in [-0.25, -0.2) is 9.97 Å². The highest BCUT2D eigenvalue weighted by molar-refractivity contribution is 7.10. The van der Waals surface area contributed by atoms with Gasteiger partial charge >= 0.3 is 0 Å². The topological polar surface area (TPSA) is 93.2 Å². The van der Waals surface area contributed by atoms with Crippen LogP contribution in [-0.2, 0) is 4.74 Å². The summed E-state index contributed by atoms with van der Waals surface area (Å²) in [6.45, 7) is 5.14. The van der Waals surface area contributed by atoms with Crippen molar-refractivity contribution in [1.29, 1.82) is 0 Å². The van der Waals surface area contributed by atoms with E-state index in [0.29, 0.717) is 44.0 Å². The molecule has 1 saturated heterocycles. The first-order chi connectivity index (χ1) is 12.0. The zero-order chi connectivity index (χ0) is 17.9. The summed E-state index contributed by atoms with van der Waals surface area (Å²) in [6.07, 6.45) is 1.27. The molecular formula is C16H20N4O3S2. The molecule has 0 saturated carbocycles. The molecule has 2 N–H and O–H groups in total. The number of hydrogen-bond acceptors (Lipinski definition) is 7. The molecule has 0 aromatic carbocycles. The molecule has 134 valence electrons. The van der Waals surface area contributed by atoms with Gasteiger partial charge in [-0.05, 0) is 26.7 Å². The number of carbonyl (C=O) groups excluding carboxylic acids is 2. The third kappa shape index (κ3) is 4.42. The maximum Gasteiger partial charge on any atom is 0.271 e. The van der Waals surface area contributed by atoms with Crippen molar-refractivity contribution in [2.75, 3.05) is 19.8 Å². The van der Waals surface area contributed by atoms with Crippen LogP contribution >= 0.6 is 22.7 Å². The van der Waals surface area contributed by atoms with E-state index in [1.165, 1.54) is 22.7 Å². The molecule has 2 aromatic rings. The van der Waals surface area contributed by atoms with Crippen LogP contribution in [0.25, 0.3) is 0 Å². The smallest absolute Gasteiger partial charge is 0.271 e. The minimum absolute atomic E-state index is 0.218. The molecule has 3 rings (SSSR count). The number of aryl methyl sites for hydroxylation is 2.